The summed E-state index contributed by atoms with van der Waals surface area (Å²) < 4.78 is 4.97. The van der Waals surface area contributed by atoms with Crippen molar-refractivity contribution in [3.05, 3.63) is 29.8 Å². The van der Waals surface area contributed by atoms with Crippen LogP contribution in [0.4, 0.5) is 10.5 Å². The normalized spacial score (nSPS) is 15.4. The number of piperidine rings is 1. The summed E-state index contributed by atoms with van der Waals surface area (Å²) in [6.07, 6.45) is 2.34. The first kappa shape index (κ1) is 23.9. The molecule has 31 heavy (non-hydrogen) atoms. The fraction of sp³-hybridized carbons (Fsp3) is 0.500. The number of anilines is 1. The van der Waals surface area contributed by atoms with Crippen molar-refractivity contribution in [2.45, 2.75) is 31.8 Å². The van der Waals surface area contributed by atoms with Crippen LogP contribution in [0.5, 0.6) is 0 Å². The highest BCUT2D eigenvalue weighted by atomic mass is 16.6. The second-order valence-corrected chi connectivity index (χ2v) is 7.03. The molecule has 1 atom stereocenters. The van der Waals surface area contributed by atoms with E-state index in [9.17, 15) is 19.5 Å². The Morgan fingerprint density at radius 3 is 2.74 bits per heavy atom. The van der Waals surface area contributed by atoms with Crippen molar-refractivity contribution in [3.8, 4) is 0 Å². The quantitative estimate of drug-likeness (QED) is 0.201. The van der Waals surface area contributed by atoms with E-state index in [1.165, 1.54) is 6.21 Å². The lowest BCUT2D eigenvalue weighted by atomic mass is 10.1. The van der Waals surface area contributed by atoms with Crippen LogP contribution in [-0.2, 0) is 14.3 Å². The lowest BCUT2D eigenvalue weighted by Gasteiger charge is -2.31. The number of carbonyl (C=O) groups excluding carboxylic acids is 3. The van der Waals surface area contributed by atoms with Gasteiger partial charge in [-0.1, -0.05) is 12.1 Å². The molecule has 1 aliphatic heterocycles. The van der Waals surface area contributed by atoms with Gasteiger partial charge in [0.15, 0.2) is 0 Å². The standard InChI is InChI=1S/C20H30N6O5/c1-2-31-20(30)26-8-6-15(7-9-26)25-18(28)12-22-19(29)17(13-27)24-16-5-3-4-14(10-16)11-23-21/h3-5,10-11,15,17,24,27H,2,6-9,12-13,21H2,1H3,(H,22,29)(H,25,28). The van der Waals surface area contributed by atoms with Gasteiger partial charge in [0, 0.05) is 24.8 Å². The van der Waals surface area contributed by atoms with E-state index >= 15 is 0 Å². The summed E-state index contributed by atoms with van der Waals surface area (Å²) in [5.41, 5.74) is 1.34. The highest BCUT2D eigenvalue weighted by Gasteiger charge is 2.25. The zero-order valence-corrected chi connectivity index (χ0v) is 17.5. The number of hydrogen-bond donors (Lipinski definition) is 5. The van der Waals surface area contributed by atoms with Gasteiger partial charge in [-0.2, -0.15) is 5.10 Å². The molecule has 170 valence electrons. The summed E-state index contributed by atoms with van der Waals surface area (Å²) in [4.78, 5) is 37.8. The molecule has 11 heteroatoms. The third kappa shape index (κ3) is 7.78. The molecule has 1 aliphatic rings. The molecule has 1 heterocycles. The molecule has 0 radical (unpaired) electrons. The Bertz CT molecular complexity index is 779. The molecule has 1 aromatic rings. The van der Waals surface area contributed by atoms with Crippen molar-refractivity contribution in [2.24, 2.45) is 10.9 Å². The van der Waals surface area contributed by atoms with Crippen LogP contribution in [0.1, 0.15) is 25.3 Å². The van der Waals surface area contributed by atoms with E-state index in [0.717, 1.165) is 5.56 Å². The second-order valence-electron chi connectivity index (χ2n) is 7.03. The highest BCUT2D eigenvalue weighted by molar-refractivity contribution is 5.89. The van der Waals surface area contributed by atoms with Gasteiger partial charge in [-0.3, -0.25) is 9.59 Å². The van der Waals surface area contributed by atoms with Crippen molar-refractivity contribution >= 4 is 29.8 Å². The molecule has 11 nitrogen and oxygen atoms in total. The summed E-state index contributed by atoms with van der Waals surface area (Å²) in [5, 5.41) is 21.3. The largest absolute Gasteiger partial charge is 0.450 e. The average molecular weight is 434 g/mol. The number of amides is 3. The molecular weight excluding hydrogens is 404 g/mol. The zero-order chi connectivity index (χ0) is 22.6. The Labute approximate surface area is 181 Å². The van der Waals surface area contributed by atoms with Gasteiger partial charge >= 0.3 is 6.09 Å². The van der Waals surface area contributed by atoms with Crippen LogP contribution in [0, 0.1) is 0 Å². The molecule has 1 unspecified atom stereocenters. The van der Waals surface area contributed by atoms with E-state index in [1.807, 2.05) is 0 Å². The number of benzene rings is 1. The third-order valence-electron chi connectivity index (χ3n) is 4.76. The first-order valence-electron chi connectivity index (χ1n) is 10.2. The van der Waals surface area contributed by atoms with Crippen molar-refractivity contribution in [2.75, 3.05) is 38.2 Å². The number of likely N-dealkylation sites (tertiary alicyclic amines) is 1. The number of hydrogen-bond acceptors (Lipinski definition) is 8. The molecule has 2 rings (SSSR count). The lowest BCUT2D eigenvalue weighted by Crippen LogP contribution is -2.50. The predicted molar refractivity (Wildman–Crippen MR) is 115 cm³/mol. The zero-order valence-electron chi connectivity index (χ0n) is 17.5. The molecular formula is C20H30N6O5. The topological polar surface area (TPSA) is 158 Å². The van der Waals surface area contributed by atoms with Crippen LogP contribution in [0.2, 0.25) is 0 Å². The van der Waals surface area contributed by atoms with E-state index in [1.54, 1.807) is 36.1 Å². The Morgan fingerprint density at radius 1 is 1.35 bits per heavy atom. The fourth-order valence-corrected chi connectivity index (χ4v) is 3.18. The molecule has 0 spiro atoms. The van der Waals surface area contributed by atoms with Gasteiger partial charge in [-0.25, -0.2) is 4.79 Å². The minimum Gasteiger partial charge on any atom is -0.450 e. The number of ether oxygens (including phenoxy) is 1. The van der Waals surface area contributed by atoms with E-state index in [4.69, 9.17) is 10.6 Å². The smallest absolute Gasteiger partial charge is 0.409 e. The van der Waals surface area contributed by atoms with Crippen LogP contribution in [0.25, 0.3) is 0 Å². The van der Waals surface area contributed by atoms with Gasteiger partial charge in [-0.05, 0) is 37.5 Å². The van der Waals surface area contributed by atoms with Crippen molar-refractivity contribution in [1.29, 1.82) is 0 Å². The van der Waals surface area contributed by atoms with Gasteiger partial charge < -0.3 is 36.5 Å². The van der Waals surface area contributed by atoms with E-state index < -0.39 is 18.6 Å². The minimum atomic E-state index is -0.925. The summed E-state index contributed by atoms with van der Waals surface area (Å²) in [7, 11) is 0. The molecule has 6 N–H and O–H groups in total. The second kappa shape index (κ2) is 12.4. The monoisotopic (exact) mass is 434 g/mol. The van der Waals surface area contributed by atoms with Gasteiger partial charge in [0.2, 0.25) is 11.8 Å². The molecule has 1 aromatic carbocycles. The number of hydrazone groups is 1. The minimum absolute atomic E-state index is 0.0752. The number of rotatable bonds is 9. The first-order valence-corrected chi connectivity index (χ1v) is 10.2. The van der Waals surface area contributed by atoms with Gasteiger partial charge in [0.05, 0.1) is 26.0 Å². The van der Waals surface area contributed by atoms with Crippen LogP contribution in [-0.4, -0.2) is 79.1 Å². The van der Waals surface area contributed by atoms with Crippen molar-refractivity contribution in [3.63, 3.8) is 0 Å². The summed E-state index contributed by atoms with van der Waals surface area (Å²) in [6, 6.07) is 6.00. The first-order chi connectivity index (χ1) is 15.0. The molecule has 0 bridgehead atoms. The van der Waals surface area contributed by atoms with Gasteiger partial charge in [0.1, 0.15) is 6.04 Å². The summed E-state index contributed by atoms with van der Waals surface area (Å²) in [5.74, 6) is 4.30. The number of nitrogens with zero attached hydrogens (tertiary/aromatic N) is 2. The Balaban J connectivity index is 1.76. The Kier molecular flexibility index (Phi) is 9.56. The molecule has 1 fully saturated rings. The van der Waals surface area contributed by atoms with E-state index in [2.05, 4.69) is 21.1 Å². The number of aliphatic hydroxyl groups excluding tert-OH is 1. The lowest BCUT2D eigenvalue weighted by molar-refractivity contribution is -0.127. The maximum atomic E-state index is 12.3. The molecule has 3 amide bonds. The molecule has 0 saturated carbocycles. The Morgan fingerprint density at radius 2 is 2.10 bits per heavy atom. The molecule has 1 saturated heterocycles. The average Bonchev–Trinajstić information content (AvgIpc) is 2.77. The van der Waals surface area contributed by atoms with Crippen molar-refractivity contribution < 1.29 is 24.2 Å². The van der Waals surface area contributed by atoms with E-state index in [-0.39, 0.29) is 24.6 Å². The molecule has 0 aliphatic carbocycles. The summed E-state index contributed by atoms with van der Waals surface area (Å²) in [6.45, 7) is 2.42. The predicted octanol–water partition coefficient (Wildman–Crippen LogP) is -0.395. The highest BCUT2D eigenvalue weighted by Crippen LogP contribution is 2.12. The number of aliphatic hydroxyl groups is 1. The Hall–Kier alpha value is -3.34. The van der Waals surface area contributed by atoms with Crippen molar-refractivity contribution in [1.82, 2.24) is 15.5 Å². The van der Waals surface area contributed by atoms with Crippen LogP contribution < -0.4 is 21.8 Å². The van der Waals surface area contributed by atoms with Crippen LogP contribution in [0.3, 0.4) is 0 Å². The van der Waals surface area contributed by atoms with Gasteiger partial charge in [-0.15, -0.1) is 0 Å². The van der Waals surface area contributed by atoms with Crippen LogP contribution in [0.15, 0.2) is 29.4 Å². The van der Waals surface area contributed by atoms with E-state index in [0.29, 0.717) is 38.2 Å². The fourth-order valence-electron chi connectivity index (χ4n) is 3.18. The van der Waals surface area contributed by atoms with Crippen LogP contribution >= 0.6 is 0 Å². The third-order valence-corrected chi connectivity index (χ3v) is 4.76. The number of nitrogens with one attached hydrogen (secondary N) is 3. The van der Waals surface area contributed by atoms with Gasteiger partial charge in [0.25, 0.3) is 0 Å². The SMILES string of the molecule is CCOC(=O)N1CCC(NC(=O)CNC(=O)C(CO)Nc2cccc(C=NN)c2)CC1. The number of carbonyl (C=O) groups is 3. The maximum absolute atomic E-state index is 12.3. The molecule has 0 aromatic heterocycles. The summed E-state index contributed by atoms with van der Waals surface area (Å²) >= 11 is 0. The number of nitrogens with two attached hydrogens (primary N) is 1. The maximum Gasteiger partial charge on any atom is 0.409 e.